The highest BCUT2D eigenvalue weighted by molar-refractivity contribution is 7.13. The number of nitrogens with one attached hydrogen (secondary N) is 1. The highest BCUT2D eigenvalue weighted by atomic mass is 32.1. The van der Waals surface area contributed by atoms with Crippen LogP contribution in [-0.2, 0) is 11.2 Å². The van der Waals surface area contributed by atoms with Crippen LogP contribution in [0.25, 0.3) is 0 Å². The van der Waals surface area contributed by atoms with E-state index in [1.165, 1.54) is 6.07 Å². The molecule has 6 nitrogen and oxygen atoms in total. The molecule has 0 radical (unpaired) electrons. The molecule has 0 fully saturated rings. The fourth-order valence-corrected chi connectivity index (χ4v) is 2.15. The van der Waals surface area contributed by atoms with Gasteiger partial charge in [-0.3, -0.25) is 9.59 Å². The Hall–Kier alpha value is -2.42. The largest absolute Gasteiger partial charge is 0.481 e. The van der Waals surface area contributed by atoms with Crippen molar-refractivity contribution in [2.24, 2.45) is 0 Å². The van der Waals surface area contributed by atoms with Gasteiger partial charge in [-0.2, -0.15) is 0 Å². The summed E-state index contributed by atoms with van der Waals surface area (Å²) in [6.45, 7) is 0. The van der Waals surface area contributed by atoms with Crippen molar-refractivity contribution in [1.82, 2.24) is 10.2 Å². The molecule has 0 aliphatic rings. The first kappa shape index (κ1) is 15.0. The number of benzene rings is 1. The quantitative estimate of drug-likeness (QED) is 0.881. The van der Waals surface area contributed by atoms with E-state index in [2.05, 4.69) is 15.5 Å². The summed E-state index contributed by atoms with van der Waals surface area (Å²) in [5.74, 6) is -3.69. The van der Waals surface area contributed by atoms with Crippen LogP contribution in [0.3, 0.4) is 0 Å². The number of hydrogen-bond donors (Lipinski definition) is 2. The molecule has 21 heavy (non-hydrogen) atoms. The molecule has 2 aromatic rings. The van der Waals surface area contributed by atoms with Crippen LogP contribution in [0.1, 0.15) is 21.2 Å². The van der Waals surface area contributed by atoms with Crippen LogP contribution < -0.4 is 5.32 Å². The summed E-state index contributed by atoms with van der Waals surface area (Å²) in [6, 6.07) is 2.95. The number of carbonyl (C=O) groups is 2. The summed E-state index contributed by atoms with van der Waals surface area (Å²) < 4.78 is 25.8. The highest BCUT2D eigenvalue weighted by Gasteiger charge is 2.14. The number of carboxylic acids is 1. The third-order valence-corrected chi connectivity index (χ3v) is 3.37. The number of carboxylic acid groups (broad SMARTS) is 1. The van der Waals surface area contributed by atoms with E-state index in [4.69, 9.17) is 5.11 Å². The van der Waals surface area contributed by atoms with Crippen molar-refractivity contribution in [2.45, 2.75) is 12.8 Å². The average Bonchev–Trinajstić information content (AvgIpc) is 2.89. The standard InChI is InChI=1S/C12H9F2N3O3S/c13-7-2-1-6(5-8(7)14)15-11(20)12-17-16-9(21-12)3-4-10(18)19/h1-2,5H,3-4H2,(H,15,20)(H,18,19). The van der Waals surface area contributed by atoms with Gasteiger partial charge in [-0.1, -0.05) is 11.3 Å². The number of nitrogens with zero attached hydrogens (tertiary/aromatic N) is 2. The molecular weight excluding hydrogens is 304 g/mol. The number of amides is 1. The molecule has 110 valence electrons. The summed E-state index contributed by atoms with van der Waals surface area (Å²) in [4.78, 5) is 22.3. The Morgan fingerprint density at radius 2 is 2.00 bits per heavy atom. The van der Waals surface area contributed by atoms with Gasteiger partial charge in [0.2, 0.25) is 5.01 Å². The van der Waals surface area contributed by atoms with Gasteiger partial charge < -0.3 is 10.4 Å². The van der Waals surface area contributed by atoms with Crippen molar-refractivity contribution in [1.29, 1.82) is 0 Å². The smallest absolute Gasteiger partial charge is 0.303 e. The van der Waals surface area contributed by atoms with Crippen LogP contribution in [0.15, 0.2) is 18.2 Å². The first-order valence-corrected chi connectivity index (χ1v) is 6.58. The van der Waals surface area contributed by atoms with Gasteiger partial charge in [0.15, 0.2) is 11.6 Å². The van der Waals surface area contributed by atoms with Crippen LogP contribution in [0.2, 0.25) is 0 Å². The summed E-state index contributed by atoms with van der Waals surface area (Å²) in [5, 5.41) is 18.6. The molecule has 0 aliphatic carbocycles. The average molecular weight is 313 g/mol. The summed E-state index contributed by atoms with van der Waals surface area (Å²) >= 11 is 0.944. The number of hydrogen-bond acceptors (Lipinski definition) is 5. The van der Waals surface area contributed by atoms with E-state index >= 15 is 0 Å². The molecule has 0 bridgehead atoms. The predicted octanol–water partition coefficient (Wildman–Crippen LogP) is 2.09. The van der Waals surface area contributed by atoms with Crippen molar-refractivity contribution in [3.63, 3.8) is 0 Å². The third kappa shape index (κ3) is 4.02. The van der Waals surface area contributed by atoms with E-state index in [0.717, 1.165) is 23.5 Å². The Morgan fingerprint density at radius 3 is 2.67 bits per heavy atom. The summed E-state index contributed by atoms with van der Waals surface area (Å²) in [7, 11) is 0. The number of anilines is 1. The number of carbonyl (C=O) groups excluding carboxylic acids is 1. The maximum atomic E-state index is 13.0. The van der Waals surface area contributed by atoms with Crippen LogP contribution in [0.4, 0.5) is 14.5 Å². The lowest BCUT2D eigenvalue weighted by molar-refractivity contribution is -0.136. The van der Waals surface area contributed by atoms with E-state index in [-0.39, 0.29) is 23.5 Å². The Labute approximate surface area is 121 Å². The minimum absolute atomic E-state index is 0.0140. The lowest BCUT2D eigenvalue weighted by atomic mass is 10.3. The Morgan fingerprint density at radius 1 is 1.24 bits per heavy atom. The molecule has 2 rings (SSSR count). The summed E-state index contributed by atoms with van der Waals surface area (Å²) in [5.41, 5.74) is 0.0844. The van der Waals surface area contributed by atoms with Gasteiger partial charge >= 0.3 is 5.97 Å². The number of aromatic nitrogens is 2. The van der Waals surface area contributed by atoms with E-state index < -0.39 is 23.5 Å². The first-order valence-electron chi connectivity index (χ1n) is 5.76. The van der Waals surface area contributed by atoms with Gasteiger partial charge in [0.25, 0.3) is 5.91 Å². The minimum Gasteiger partial charge on any atom is -0.481 e. The molecule has 9 heteroatoms. The van der Waals surface area contributed by atoms with Gasteiger partial charge in [-0.15, -0.1) is 10.2 Å². The molecule has 0 unspecified atom stereocenters. The Balaban J connectivity index is 2.03. The molecule has 1 heterocycles. The molecule has 0 saturated heterocycles. The van der Waals surface area contributed by atoms with Gasteiger partial charge in [0, 0.05) is 18.2 Å². The second kappa shape index (κ2) is 6.35. The second-order valence-electron chi connectivity index (χ2n) is 3.98. The zero-order valence-corrected chi connectivity index (χ0v) is 11.3. The van der Waals surface area contributed by atoms with Gasteiger partial charge in [-0.05, 0) is 12.1 Å². The van der Waals surface area contributed by atoms with Crippen molar-refractivity contribution in [3.8, 4) is 0 Å². The lowest BCUT2D eigenvalue weighted by Gasteiger charge is -2.02. The molecule has 1 aromatic carbocycles. The van der Waals surface area contributed by atoms with E-state index in [0.29, 0.717) is 5.01 Å². The summed E-state index contributed by atoms with van der Waals surface area (Å²) in [6.07, 6.45) is 0.0604. The van der Waals surface area contributed by atoms with Crippen molar-refractivity contribution >= 4 is 28.9 Å². The van der Waals surface area contributed by atoms with E-state index in [9.17, 15) is 18.4 Å². The fraction of sp³-hybridized carbons (Fsp3) is 0.167. The van der Waals surface area contributed by atoms with Crippen molar-refractivity contribution < 1.29 is 23.5 Å². The van der Waals surface area contributed by atoms with Crippen molar-refractivity contribution in [3.05, 3.63) is 39.8 Å². The molecule has 0 atom stereocenters. The van der Waals surface area contributed by atoms with Crippen molar-refractivity contribution in [2.75, 3.05) is 5.32 Å². The van der Waals surface area contributed by atoms with Gasteiger partial charge in [0.05, 0.1) is 6.42 Å². The first-order chi connectivity index (χ1) is 9.95. The minimum atomic E-state index is -1.08. The zero-order valence-electron chi connectivity index (χ0n) is 10.5. The highest BCUT2D eigenvalue weighted by Crippen LogP contribution is 2.16. The zero-order chi connectivity index (χ0) is 15.4. The molecule has 1 amide bonds. The normalized spacial score (nSPS) is 10.4. The molecular formula is C12H9F2N3O3S. The molecule has 0 aliphatic heterocycles. The van der Waals surface area contributed by atoms with E-state index in [1.807, 2.05) is 0 Å². The SMILES string of the molecule is O=C(O)CCc1nnc(C(=O)Nc2ccc(F)c(F)c2)s1. The van der Waals surface area contributed by atoms with Crippen LogP contribution in [0.5, 0.6) is 0 Å². The monoisotopic (exact) mass is 313 g/mol. The molecule has 1 aromatic heterocycles. The Kier molecular flexibility index (Phi) is 4.53. The van der Waals surface area contributed by atoms with Crippen LogP contribution in [0, 0.1) is 11.6 Å². The molecule has 2 N–H and O–H groups in total. The van der Waals surface area contributed by atoms with Gasteiger partial charge in [0.1, 0.15) is 5.01 Å². The molecule has 0 saturated carbocycles. The number of rotatable bonds is 5. The van der Waals surface area contributed by atoms with Crippen LogP contribution >= 0.6 is 11.3 Å². The predicted molar refractivity (Wildman–Crippen MR) is 70.2 cm³/mol. The van der Waals surface area contributed by atoms with Gasteiger partial charge in [-0.25, -0.2) is 8.78 Å². The number of halogens is 2. The maximum Gasteiger partial charge on any atom is 0.303 e. The van der Waals surface area contributed by atoms with Crippen LogP contribution in [-0.4, -0.2) is 27.2 Å². The number of aryl methyl sites for hydroxylation is 1. The topological polar surface area (TPSA) is 92.2 Å². The third-order valence-electron chi connectivity index (χ3n) is 2.39. The fourth-order valence-electron chi connectivity index (χ4n) is 1.42. The lowest BCUT2D eigenvalue weighted by Crippen LogP contribution is -2.11. The Bertz CT molecular complexity index is 690. The van der Waals surface area contributed by atoms with E-state index in [1.54, 1.807) is 0 Å². The second-order valence-corrected chi connectivity index (χ2v) is 5.04. The molecule has 0 spiro atoms. The maximum absolute atomic E-state index is 13.0. The number of aliphatic carboxylic acids is 1.